The fraction of sp³-hybridized carbons (Fsp3) is 0.467. The van der Waals surface area contributed by atoms with E-state index in [1.54, 1.807) is 0 Å². The van der Waals surface area contributed by atoms with Crippen LogP contribution in [0.5, 0.6) is 0 Å². The molecule has 0 spiro atoms. The molecule has 0 bridgehead atoms. The largest absolute Gasteiger partial charge is 0.103 e. The Labute approximate surface area is 93.7 Å². The third-order valence-corrected chi connectivity index (χ3v) is 2.35. The van der Waals surface area contributed by atoms with E-state index in [4.69, 9.17) is 0 Å². The molecule has 0 saturated carbocycles. The maximum Gasteiger partial charge on any atom is 0.0214 e. The molecule has 1 unspecified atom stereocenters. The average Bonchev–Trinajstić information content (AvgIpc) is 2.13. The summed E-state index contributed by atoms with van der Waals surface area (Å²) in [4.78, 5) is 0. The molecule has 0 aromatic heterocycles. The van der Waals surface area contributed by atoms with Crippen molar-refractivity contribution in [2.75, 3.05) is 0 Å². The van der Waals surface area contributed by atoms with Crippen LogP contribution in [0.15, 0.2) is 18.2 Å². The molecule has 1 aromatic carbocycles. The lowest BCUT2D eigenvalue weighted by Crippen LogP contribution is -1.97. The van der Waals surface area contributed by atoms with Gasteiger partial charge in [0, 0.05) is 12.3 Å². The zero-order valence-electron chi connectivity index (χ0n) is 10.2. The predicted molar refractivity (Wildman–Crippen MR) is 66.9 cm³/mol. The van der Waals surface area contributed by atoms with Crippen LogP contribution in [0, 0.1) is 31.6 Å². The minimum atomic E-state index is 0.464. The Morgan fingerprint density at radius 3 is 2.27 bits per heavy atom. The molecule has 15 heavy (non-hydrogen) atoms. The predicted octanol–water partition coefficient (Wildman–Crippen LogP) is 3.90. The van der Waals surface area contributed by atoms with Gasteiger partial charge in [-0.15, -0.1) is 5.92 Å². The molecule has 1 aromatic rings. The first-order valence-corrected chi connectivity index (χ1v) is 5.67. The first kappa shape index (κ1) is 11.9. The molecule has 0 aliphatic carbocycles. The highest BCUT2D eigenvalue weighted by molar-refractivity contribution is 5.29. The van der Waals surface area contributed by atoms with Gasteiger partial charge in [-0.25, -0.2) is 0 Å². The number of rotatable bonds is 2. The van der Waals surface area contributed by atoms with Gasteiger partial charge in [0.15, 0.2) is 0 Å². The van der Waals surface area contributed by atoms with Gasteiger partial charge in [0.05, 0.1) is 0 Å². The molecule has 0 heterocycles. The van der Waals surface area contributed by atoms with Crippen LogP contribution in [-0.2, 0) is 6.42 Å². The Hall–Kier alpha value is -1.22. The number of hydrogen-bond acceptors (Lipinski definition) is 0. The molecule has 0 fully saturated rings. The molecule has 0 amide bonds. The number of benzene rings is 1. The van der Waals surface area contributed by atoms with Crippen molar-refractivity contribution in [2.24, 2.45) is 5.92 Å². The Bertz CT molecular complexity index is 357. The fourth-order valence-electron chi connectivity index (χ4n) is 1.87. The molecule has 80 valence electrons. The van der Waals surface area contributed by atoms with Gasteiger partial charge in [-0.2, -0.15) is 0 Å². The summed E-state index contributed by atoms with van der Waals surface area (Å²) in [5, 5.41) is 0. The second kappa shape index (κ2) is 5.61. The molecular formula is C15H20. The average molecular weight is 200 g/mol. The van der Waals surface area contributed by atoms with Crippen molar-refractivity contribution < 1.29 is 0 Å². The summed E-state index contributed by atoms with van der Waals surface area (Å²) < 4.78 is 0. The van der Waals surface area contributed by atoms with E-state index in [0.717, 1.165) is 12.8 Å². The van der Waals surface area contributed by atoms with E-state index in [-0.39, 0.29) is 0 Å². The van der Waals surface area contributed by atoms with E-state index in [0.29, 0.717) is 5.92 Å². The van der Waals surface area contributed by atoms with Crippen molar-refractivity contribution in [1.82, 2.24) is 0 Å². The van der Waals surface area contributed by atoms with Crippen LogP contribution in [0.3, 0.4) is 0 Å². The molecule has 0 nitrogen and oxygen atoms in total. The second-order valence-corrected chi connectivity index (χ2v) is 4.28. The normalized spacial score (nSPS) is 11.7. The van der Waals surface area contributed by atoms with Crippen LogP contribution in [0.25, 0.3) is 0 Å². The van der Waals surface area contributed by atoms with Crippen molar-refractivity contribution in [3.8, 4) is 11.8 Å². The lowest BCUT2D eigenvalue weighted by molar-refractivity contribution is 0.748. The van der Waals surface area contributed by atoms with Crippen LogP contribution in [0.1, 0.15) is 37.0 Å². The first-order chi connectivity index (χ1) is 7.11. The molecule has 0 saturated heterocycles. The monoisotopic (exact) mass is 200 g/mol. The van der Waals surface area contributed by atoms with Crippen molar-refractivity contribution in [3.05, 3.63) is 34.9 Å². The van der Waals surface area contributed by atoms with E-state index < -0.39 is 0 Å². The minimum Gasteiger partial charge on any atom is -0.103 e. The van der Waals surface area contributed by atoms with E-state index in [1.807, 2.05) is 0 Å². The molecule has 0 radical (unpaired) electrons. The first-order valence-electron chi connectivity index (χ1n) is 5.67. The molecule has 1 rings (SSSR count). The van der Waals surface area contributed by atoms with Gasteiger partial charge >= 0.3 is 0 Å². The number of hydrogen-bond donors (Lipinski definition) is 0. The zero-order valence-corrected chi connectivity index (χ0v) is 10.2. The van der Waals surface area contributed by atoms with E-state index in [1.165, 1.54) is 16.7 Å². The molecule has 0 aliphatic rings. The van der Waals surface area contributed by atoms with Crippen LogP contribution >= 0.6 is 0 Å². The summed E-state index contributed by atoms with van der Waals surface area (Å²) in [6.07, 6.45) is 2.02. The van der Waals surface area contributed by atoms with Crippen molar-refractivity contribution in [1.29, 1.82) is 0 Å². The van der Waals surface area contributed by atoms with Gasteiger partial charge < -0.3 is 0 Å². The molecule has 0 aliphatic heterocycles. The Balaban J connectivity index is 2.72. The topological polar surface area (TPSA) is 0 Å². The molecule has 0 heteroatoms. The van der Waals surface area contributed by atoms with Gasteiger partial charge in [-0.05, 0) is 25.8 Å². The standard InChI is InChI=1S/C15H20/c1-5-6-7-12(2)9-15-10-13(3)8-14(4)11-15/h8,10-12H,5,9H2,1-4H3. The maximum atomic E-state index is 3.27. The van der Waals surface area contributed by atoms with Crippen LogP contribution in [-0.4, -0.2) is 0 Å². The van der Waals surface area contributed by atoms with Gasteiger partial charge in [0.2, 0.25) is 0 Å². The Kier molecular flexibility index (Phi) is 4.43. The summed E-state index contributed by atoms with van der Waals surface area (Å²) in [6, 6.07) is 6.74. The maximum absolute atomic E-state index is 3.27. The molecule has 0 N–H and O–H groups in total. The lowest BCUT2D eigenvalue weighted by Gasteiger charge is -2.07. The lowest BCUT2D eigenvalue weighted by atomic mass is 9.98. The van der Waals surface area contributed by atoms with Gasteiger partial charge in [0.25, 0.3) is 0 Å². The summed E-state index contributed by atoms with van der Waals surface area (Å²) in [6.45, 7) is 8.59. The van der Waals surface area contributed by atoms with Crippen LogP contribution < -0.4 is 0 Å². The Morgan fingerprint density at radius 2 is 1.73 bits per heavy atom. The summed E-state index contributed by atoms with van der Waals surface area (Å²) in [7, 11) is 0. The van der Waals surface area contributed by atoms with Gasteiger partial charge in [0.1, 0.15) is 0 Å². The summed E-state index contributed by atoms with van der Waals surface area (Å²) in [5.74, 6) is 6.88. The zero-order chi connectivity index (χ0) is 11.3. The van der Waals surface area contributed by atoms with E-state index in [2.05, 4.69) is 57.7 Å². The summed E-state index contributed by atoms with van der Waals surface area (Å²) in [5.41, 5.74) is 4.10. The third-order valence-electron chi connectivity index (χ3n) is 2.35. The quantitative estimate of drug-likeness (QED) is 0.635. The van der Waals surface area contributed by atoms with Crippen molar-refractivity contribution in [2.45, 2.75) is 40.5 Å². The van der Waals surface area contributed by atoms with Crippen molar-refractivity contribution in [3.63, 3.8) is 0 Å². The Morgan fingerprint density at radius 1 is 1.13 bits per heavy atom. The SMILES string of the molecule is CCC#CC(C)Cc1cc(C)cc(C)c1. The van der Waals surface area contributed by atoms with E-state index >= 15 is 0 Å². The highest BCUT2D eigenvalue weighted by Crippen LogP contribution is 2.13. The highest BCUT2D eigenvalue weighted by atomic mass is 14.1. The van der Waals surface area contributed by atoms with Crippen LogP contribution in [0.4, 0.5) is 0 Å². The van der Waals surface area contributed by atoms with Crippen molar-refractivity contribution >= 4 is 0 Å². The van der Waals surface area contributed by atoms with Gasteiger partial charge in [-0.3, -0.25) is 0 Å². The smallest absolute Gasteiger partial charge is 0.0214 e. The molecular weight excluding hydrogens is 180 g/mol. The number of aryl methyl sites for hydroxylation is 2. The third kappa shape index (κ3) is 4.21. The second-order valence-electron chi connectivity index (χ2n) is 4.28. The van der Waals surface area contributed by atoms with Crippen LogP contribution in [0.2, 0.25) is 0 Å². The molecule has 1 atom stereocenters. The highest BCUT2D eigenvalue weighted by Gasteiger charge is 2.01. The van der Waals surface area contributed by atoms with Gasteiger partial charge in [-0.1, -0.05) is 49.1 Å². The summed E-state index contributed by atoms with van der Waals surface area (Å²) >= 11 is 0. The minimum absolute atomic E-state index is 0.464. The van der Waals surface area contributed by atoms with E-state index in [9.17, 15) is 0 Å². The fourth-order valence-corrected chi connectivity index (χ4v) is 1.87.